The zero-order valence-electron chi connectivity index (χ0n) is 27.9. The fourth-order valence-corrected chi connectivity index (χ4v) is 7.16. The first-order chi connectivity index (χ1) is 22.1. The molecule has 3 aliphatic heterocycles. The summed E-state index contributed by atoms with van der Waals surface area (Å²) < 4.78 is 12.1. The van der Waals surface area contributed by atoms with Crippen LogP contribution in [0.25, 0.3) is 15.6 Å². The fourth-order valence-electron chi connectivity index (χ4n) is 7.16. The molecule has 46 heavy (non-hydrogen) atoms. The van der Waals surface area contributed by atoms with Crippen LogP contribution in [0.3, 0.4) is 0 Å². The molecule has 1 unspecified atom stereocenters. The fraction of sp³-hybridized carbons (Fsp3) is 0.556. The van der Waals surface area contributed by atoms with Crippen LogP contribution in [0.15, 0.2) is 42.5 Å². The molecule has 4 heterocycles. The van der Waals surface area contributed by atoms with Crippen LogP contribution in [-0.2, 0) is 17.7 Å². The Morgan fingerprint density at radius 3 is 2.61 bits per heavy atom. The third-order valence-electron chi connectivity index (χ3n) is 9.33. The third-order valence-corrected chi connectivity index (χ3v) is 9.33. The molecule has 2 saturated heterocycles. The lowest BCUT2D eigenvalue weighted by molar-refractivity contribution is 0.0155. The molecule has 0 spiro atoms. The van der Waals surface area contributed by atoms with Crippen molar-refractivity contribution in [3.05, 3.63) is 65.1 Å². The first-order valence-electron chi connectivity index (χ1n) is 16.7. The van der Waals surface area contributed by atoms with Crippen LogP contribution in [0.1, 0.15) is 58.7 Å². The highest BCUT2D eigenvalue weighted by Crippen LogP contribution is 2.35. The van der Waals surface area contributed by atoms with Crippen molar-refractivity contribution in [2.45, 2.75) is 84.2 Å². The van der Waals surface area contributed by atoms with Gasteiger partial charge < -0.3 is 24.1 Å². The predicted octanol–water partition coefficient (Wildman–Crippen LogP) is 5.79. The molecule has 1 amide bonds. The lowest BCUT2D eigenvalue weighted by Crippen LogP contribution is -2.57. The summed E-state index contributed by atoms with van der Waals surface area (Å²) in [5, 5.41) is 2.45. The van der Waals surface area contributed by atoms with E-state index in [0.717, 1.165) is 43.0 Å². The number of fused-ring (bicyclic) bond motifs is 2. The van der Waals surface area contributed by atoms with Crippen molar-refractivity contribution in [3.63, 3.8) is 0 Å². The van der Waals surface area contributed by atoms with Crippen molar-refractivity contribution >= 4 is 28.4 Å². The molecule has 10 heteroatoms. The number of carbonyl (C=O) groups is 1. The molecule has 1 aromatic heterocycles. The minimum Gasteiger partial charge on any atom is -0.462 e. The van der Waals surface area contributed by atoms with Gasteiger partial charge in [0.05, 0.1) is 12.2 Å². The van der Waals surface area contributed by atoms with Crippen LogP contribution >= 0.6 is 0 Å². The summed E-state index contributed by atoms with van der Waals surface area (Å²) in [6, 6.07) is 15.9. The van der Waals surface area contributed by atoms with Gasteiger partial charge >= 0.3 is 12.1 Å². The molecule has 0 N–H and O–H groups in total. The number of nitrogens with zero attached hydrogens (tertiary/aromatic N) is 7. The van der Waals surface area contributed by atoms with Crippen molar-refractivity contribution in [1.29, 1.82) is 0 Å². The maximum Gasteiger partial charge on any atom is 0.410 e. The van der Waals surface area contributed by atoms with Gasteiger partial charge in [0.2, 0.25) is 6.54 Å². The van der Waals surface area contributed by atoms with E-state index in [1.165, 1.54) is 22.9 Å². The summed E-state index contributed by atoms with van der Waals surface area (Å²) in [5.41, 5.74) is 2.70. The number of amides is 1. The second-order valence-electron chi connectivity index (χ2n) is 14.0. The lowest BCUT2D eigenvalue weighted by atomic mass is 10.0. The summed E-state index contributed by atoms with van der Waals surface area (Å²) in [7, 11) is 0. The Kier molecular flexibility index (Phi) is 9.23. The largest absolute Gasteiger partial charge is 0.462 e. The topological polar surface area (TPSA) is 78.6 Å². The lowest BCUT2D eigenvalue weighted by Gasteiger charge is -2.41. The van der Waals surface area contributed by atoms with E-state index in [0.29, 0.717) is 50.9 Å². The Morgan fingerprint density at radius 1 is 1.02 bits per heavy atom. The third kappa shape index (κ3) is 6.85. The summed E-state index contributed by atoms with van der Waals surface area (Å²) in [6.45, 7) is 22.6. The highest BCUT2D eigenvalue weighted by molar-refractivity contribution is 5.94. The molecule has 3 aliphatic rings. The van der Waals surface area contributed by atoms with Gasteiger partial charge in [-0.3, -0.25) is 9.80 Å². The van der Waals surface area contributed by atoms with Crippen molar-refractivity contribution in [3.8, 4) is 6.01 Å². The van der Waals surface area contributed by atoms with E-state index in [1.54, 1.807) is 4.90 Å². The molecule has 0 aliphatic carbocycles. The van der Waals surface area contributed by atoms with Crippen LogP contribution in [-0.4, -0.2) is 95.5 Å². The van der Waals surface area contributed by atoms with E-state index >= 15 is 0 Å². The molecular weight excluding hydrogens is 578 g/mol. The van der Waals surface area contributed by atoms with Gasteiger partial charge in [-0.1, -0.05) is 36.4 Å². The normalized spacial score (nSPS) is 20.6. The molecule has 2 fully saturated rings. The number of rotatable bonds is 7. The standard InChI is InChI=1S/C36H47N7O3/c1-25(2)42-17-10-13-27(42)24-45-34-38-31-23-40(32-15-9-12-26-11-7-8-14-29(26)32)18-16-30(31)33(39-34)41-19-20-43(28(22-41)21-37-6)35(44)46-36(3,4)5/h7-9,11-12,14-15,25,27-28H,10,13,16-24H2,1-5H3/t27-,28?/m0/s1. The van der Waals surface area contributed by atoms with Gasteiger partial charge in [0.1, 0.15) is 24.1 Å². The Labute approximate surface area is 273 Å². The number of anilines is 2. The van der Waals surface area contributed by atoms with Gasteiger partial charge in [-0.2, -0.15) is 9.97 Å². The van der Waals surface area contributed by atoms with Crippen LogP contribution < -0.4 is 14.5 Å². The van der Waals surface area contributed by atoms with E-state index in [4.69, 9.17) is 26.0 Å². The highest BCUT2D eigenvalue weighted by atomic mass is 16.6. The SMILES string of the molecule is [C-]#[N+]CC1CN(c2nc(OC[C@@H]3CCCN3C(C)C)nc3c2CCN(c2cccc4ccccc24)C3)CCN1C(=O)OC(C)(C)C. The molecule has 0 radical (unpaired) electrons. The Morgan fingerprint density at radius 2 is 1.83 bits per heavy atom. The van der Waals surface area contributed by atoms with E-state index < -0.39 is 5.60 Å². The average Bonchev–Trinajstić information content (AvgIpc) is 3.51. The molecule has 2 atom stereocenters. The highest BCUT2D eigenvalue weighted by Gasteiger charge is 2.37. The maximum absolute atomic E-state index is 13.1. The minimum atomic E-state index is -0.602. The molecular formula is C36H47N7O3. The summed E-state index contributed by atoms with van der Waals surface area (Å²) >= 11 is 0. The van der Waals surface area contributed by atoms with Gasteiger partial charge in [-0.25, -0.2) is 11.4 Å². The number of hydrogen-bond donors (Lipinski definition) is 0. The summed E-state index contributed by atoms with van der Waals surface area (Å²) in [4.78, 5) is 35.8. The van der Waals surface area contributed by atoms with E-state index in [-0.39, 0.29) is 18.7 Å². The van der Waals surface area contributed by atoms with E-state index in [2.05, 4.69) is 75.9 Å². The minimum absolute atomic E-state index is 0.202. The number of likely N-dealkylation sites (tertiary alicyclic amines) is 1. The second-order valence-corrected chi connectivity index (χ2v) is 14.0. The first-order valence-corrected chi connectivity index (χ1v) is 16.7. The Bertz CT molecular complexity index is 1590. The summed E-state index contributed by atoms with van der Waals surface area (Å²) in [6.07, 6.45) is 2.70. The van der Waals surface area contributed by atoms with Gasteiger partial charge in [-0.15, -0.1) is 0 Å². The molecule has 244 valence electrons. The van der Waals surface area contributed by atoms with Crippen molar-refractivity contribution in [2.75, 3.05) is 55.7 Å². The van der Waals surface area contributed by atoms with Crippen molar-refractivity contribution in [1.82, 2.24) is 19.8 Å². The zero-order valence-corrected chi connectivity index (χ0v) is 27.9. The number of benzene rings is 2. The Hall–Kier alpha value is -4.10. The van der Waals surface area contributed by atoms with Crippen LogP contribution in [0.2, 0.25) is 0 Å². The van der Waals surface area contributed by atoms with Crippen molar-refractivity contribution < 1.29 is 14.3 Å². The van der Waals surface area contributed by atoms with E-state index in [9.17, 15) is 4.79 Å². The van der Waals surface area contributed by atoms with Crippen LogP contribution in [0.4, 0.5) is 16.3 Å². The zero-order chi connectivity index (χ0) is 32.4. The van der Waals surface area contributed by atoms with Gasteiger partial charge in [0.25, 0.3) is 0 Å². The number of aromatic nitrogens is 2. The predicted molar refractivity (Wildman–Crippen MR) is 182 cm³/mol. The quantitative estimate of drug-likeness (QED) is 0.306. The van der Waals surface area contributed by atoms with Crippen LogP contribution in [0, 0.1) is 6.57 Å². The van der Waals surface area contributed by atoms with Gasteiger partial charge in [-0.05, 0) is 71.9 Å². The molecule has 2 aromatic carbocycles. The van der Waals surface area contributed by atoms with Crippen LogP contribution in [0.5, 0.6) is 6.01 Å². The first kappa shape index (κ1) is 31.9. The van der Waals surface area contributed by atoms with Crippen molar-refractivity contribution in [2.24, 2.45) is 0 Å². The molecule has 0 bridgehead atoms. The molecule has 10 nitrogen and oxygen atoms in total. The number of piperazine rings is 1. The Balaban J connectivity index is 1.30. The number of carbonyl (C=O) groups excluding carboxylic acids is 1. The summed E-state index contributed by atoms with van der Waals surface area (Å²) in [5.74, 6) is 0.864. The monoisotopic (exact) mass is 625 g/mol. The molecule has 0 saturated carbocycles. The molecule has 3 aromatic rings. The maximum atomic E-state index is 13.1. The smallest absolute Gasteiger partial charge is 0.410 e. The average molecular weight is 626 g/mol. The number of ether oxygens (including phenoxy) is 2. The molecule has 6 rings (SSSR count). The van der Waals surface area contributed by atoms with Gasteiger partial charge in [0.15, 0.2) is 0 Å². The van der Waals surface area contributed by atoms with E-state index in [1.807, 2.05) is 20.8 Å². The van der Waals surface area contributed by atoms with Gasteiger partial charge in [0, 0.05) is 54.9 Å². The number of hydrogen-bond acceptors (Lipinski definition) is 8. The second kappa shape index (κ2) is 13.3.